The highest BCUT2D eigenvalue weighted by Gasteiger charge is 2.31. The van der Waals surface area contributed by atoms with Crippen LogP contribution in [0.3, 0.4) is 0 Å². The number of rotatable bonds is 0. The van der Waals surface area contributed by atoms with Gasteiger partial charge in [-0.3, -0.25) is 4.79 Å². The molecule has 0 unspecified atom stereocenters. The average molecular weight is 187 g/mol. The maximum Gasteiger partial charge on any atom is 0.431 e. The van der Waals surface area contributed by atoms with E-state index in [-0.39, 0.29) is 5.56 Å². The van der Waals surface area contributed by atoms with E-state index >= 15 is 0 Å². The lowest BCUT2D eigenvalue weighted by Crippen LogP contribution is -2.17. The molecular formula is C8H4F3NO. The van der Waals surface area contributed by atoms with Crippen LogP contribution in [-0.2, 0) is 6.18 Å². The zero-order valence-electron chi connectivity index (χ0n) is 6.27. The van der Waals surface area contributed by atoms with Gasteiger partial charge < -0.3 is 4.98 Å². The lowest BCUT2D eigenvalue weighted by atomic mass is 10.2. The van der Waals surface area contributed by atoms with Crippen LogP contribution >= 0.6 is 0 Å². The van der Waals surface area contributed by atoms with Gasteiger partial charge in [0, 0.05) is 0 Å². The van der Waals surface area contributed by atoms with Crippen molar-refractivity contribution in [3.8, 4) is 12.3 Å². The highest BCUT2D eigenvalue weighted by Crippen LogP contribution is 2.26. The molecule has 0 saturated heterocycles. The first-order valence-corrected chi connectivity index (χ1v) is 3.22. The average Bonchev–Trinajstić information content (AvgIpc) is 2.02. The Labute approximate surface area is 71.4 Å². The maximum absolute atomic E-state index is 12.0. The van der Waals surface area contributed by atoms with Crippen LogP contribution in [0, 0.1) is 12.3 Å². The fraction of sp³-hybridized carbons (Fsp3) is 0.125. The molecule has 68 valence electrons. The van der Waals surface area contributed by atoms with Crippen LogP contribution < -0.4 is 5.56 Å². The van der Waals surface area contributed by atoms with E-state index in [1.807, 2.05) is 5.92 Å². The first-order valence-electron chi connectivity index (χ1n) is 3.22. The Bertz CT molecular complexity index is 411. The summed E-state index contributed by atoms with van der Waals surface area (Å²) in [5.74, 6) is 1.96. The van der Waals surface area contributed by atoms with Crippen molar-refractivity contribution in [2.75, 3.05) is 0 Å². The molecule has 0 atom stereocenters. The van der Waals surface area contributed by atoms with Gasteiger partial charge in [-0.05, 0) is 12.1 Å². The molecule has 0 radical (unpaired) electrons. The van der Waals surface area contributed by atoms with Gasteiger partial charge in [-0.15, -0.1) is 6.42 Å². The molecule has 0 amide bonds. The summed E-state index contributed by atoms with van der Waals surface area (Å²) in [6.45, 7) is 0. The lowest BCUT2D eigenvalue weighted by Gasteiger charge is -2.04. The molecule has 13 heavy (non-hydrogen) atoms. The summed E-state index contributed by atoms with van der Waals surface area (Å²) in [6, 6.07) is 1.69. The zero-order chi connectivity index (χ0) is 10.1. The van der Waals surface area contributed by atoms with E-state index in [1.54, 1.807) is 4.98 Å². The van der Waals surface area contributed by atoms with E-state index in [9.17, 15) is 18.0 Å². The molecule has 0 saturated carbocycles. The quantitative estimate of drug-likeness (QED) is 0.611. The van der Waals surface area contributed by atoms with Crippen molar-refractivity contribution in [1.29, 1.82) is 0 Å². The lowest BCUT2D eigenvalue weighted by molar-refractivity contribution is -0.141. The second-order valence-electron chi connectivity index (χ2n) is 2.26. The van der Waals surface area contributed by atoms with Crippen molar-refractivity contribution in [2.24, 2.45) is 0 Å². The summed E-state index contributed by atoms with van der Waals surface area (Å²) in [5.41, 5.74) is -2.12. The Kier molecular flexibility index (Phi) is 2.15. The summed E-state index contributed by atoms with van der Waals surface area (Å²) in [6.07, 6.45) is 0.309. The number of aromatic amines is 1. The molecule has 0 fully saturated rings. The Hall–Kier alpha value is -1.70. The smallest absolute Gasteiger partial charge is 0.317 e. The number of hydrogen-bond donors (Lipinski definition) is 1. The SMILES string of the molecule is C#Cc1ccc(C(F)(F)F)[nH]c1=O. The predicted molar refractivity (Wildman–Crippen MR) is 40.0 cm³/mol. The van der Waals surface area contributed by atoms with E-state index in [0.717, 1.165) is 12.1 Å². The molecule has 0 aliphatic rings. The van der Waals surface area contributed by atoms with Gasteiger partial charge in [0.15, 0.2) is 0 Å². The summed E-state index contributed by atoms with van der Waals surface area (Å²) >= 11 is 0. The Morgan fingerprint density at radius 2 is 2.00 bits per heavy atom. The van der Waals surface area contributed by atoms with E-state index in [0.29, 0.717) is 0 Å². The van der Waals surface area contributed by atoms with Gasteiger partial charge in [0.05, 0.1) is 5.56 Å². The van der Waals surface area contributed by atoms with Crippen molar-refractivity contribution >= 4 is 0 Å². The molecule has 1 aromatic heterocycles. The highest BCUT2D eigenvalue weighted by molar-refractivity contribution is 5.30. The molecule has 5 heteroatoms. The van der Waals surface area contributed by atoms with E-state index in [4.69, 9.17) is 6.42 Å². The molecule has 2 nitrogen and oxygen atoms in total. The van der Waals surface area contributed by atoms with E-state index in [2.05, 4.69) is 0 Å². The molecule has 0 aliphatic heterocycles. The number of hydrogen-bond acceptors (Lipinski definition) is 1. The minimum Gasteiger partial charge on any atom is -0.317 e. The summed E-state index contributed by atoms with van der Waals surface area (Å²) in [7, 11) is 0. The third kappa shape index (κ3) is 1.90. The number of alkyl halides is 3. The van der Waals surface area contributed by atoms with Crippen molar-refractivity contribution < 1.29 is 13.2 Å². The van der Waals surface area contributed by atoms with Gasteiger partial charge in [-0.2, -0.15) is 13.2 Å². The number of aromatic nitrogens is 1. The Balaban J connectivity index is 3.28. The second-order valence-corrected chi connectivity index (χ2v) is 2.26. The summed E-state index contributed by atoms with van der Waals surface area (Å²) in [5, 5.41) is 0. The van der Waals surface area contributed by atoms with Crippen LogP contribution in [-0.4, -0.2) is 4.98 Å². The fourth-order valence-electron chi connectivity index (χ4n) is 0.753. The van der Waals surface area contributed by atoms with Crippen LogP contribution in [0.15, 0.2) is 16.9 Å². The number of pyridine rings is 1. The summed E-state index contributed by atoms with van der Waals surface area (Å²) < 4.78 is 35.9. The maximum atomic E-state index is 12.0. The minimum atomic E-state index is -4.55. The minimum absolute atomic E-state index is 0.118. The summed E-state index contributed by atoms with van der Waals surface area (Å²) in [4.78, 5) is 12.5. The Morgan fingerprint density at radius 1 is 1.38 bits per heavy atom. The number of nitrogens with one attached hydrogen (secondary N) is 1. The topological polar surface area (TPSA) is 32.9 Å². The van der Waals surface area contributed by atoms with Crippen LogP contribution in [0.5, 0.6) is 0 Å². The number of halogens is 3. The third-order valence-electron chi connectivity index (χ3n) is 1.37. The molecule has 1 heterocycles. The molecular weight excluding hydrogens is 183 g/mol. The van der Waals surface area contributed by atoms with Gasteiger partial charge in [0.1, 0.15) is 5.69 Å². The van der Waals surface area contributed by atoms with Crippen LogP contribution in [0.25, 0.3) is 0 Å². The van der Waals surface area contributed by atoms with Gasteiger partial charge >= 0.3 is 6.18 Å². The molecule has 0 spiro atoms. The molecule has 0 aliphatic carbocycles. The number of H-pyrrole nitrogens is 1. The van der Waals surface area contributed by atoms with Crippen molar-refractivity contribution in [2.45, 2.75) is 6.18 Å². The van der Waals surface area contributed by atoms with Gasteiger partial charge in [-0.1, -0.05) is 5.92 Å². The van der Waals surface area contributed by atoms with E-state index in [1.165, 1.54) is 0 Å². The molecule has 1 aromatic rings. The van der Waals surface area contributed by atoms with Crippen molar-refractivity contribution in [3.63, 3.8) is 0 Å². The van der Waals surface area contributed by atoms with Crippen molar-refractivity contribution in [3.05, 3.63) is 33.7 Å². The monoisotopic (exact) mass is 187 g/mol. The van der Waals surface area contributed by atoms with Gasteiger partial charge in [0.25, 0.3) is 5.56 Å². The zero-order valence-corrected chi connectivity index (χ0v) is 6.27. The normalized spacial score (nSPS) is 10.9. The van der Waals surface area contributed by atoms with Crippen molar-refractivity contribution in [1.82, 2.24) is 4.98 Å². The standard InChI is InChI=1S/C8H4F3NO/c1-2-5-3-4-6(8(9,10)11)12-7(5)13/h1,3-4H,(H,12,13). The predicted octanol–water partition coefficient (Wildman–Crippen LogP) is 1.37. The first kappa shape index (κ1) is 9.39. The number of terminal acetylenes is 1. The third-order valence-corrected chi connectivity index (χ3v) is 1.37. The molecule has 0 aromatic carbocycles. The van der Waals surface area contributed by atoms with Crippen LogP contribution in [0.1, 0.15) is 11.3 Å². The van der Waals surface area contributed by atoms with Crippen LogP contribution in [0.4, 0.5) is 13.2 Å². The second kappa shape index (κ2) is 2.98. The molecule has 0 bridgehead atoms. The molecule has 1 N–H and O–H groups in total. The fourth-order valence-corrected chi connectivity index (χ4v) is 0.753. The van der Waals surface area contributed by atoms with Gasteiger partial charge in [-0.25, -0.2) is 0 Å². The first-order chi connectivity index (χ1) is 5.95. The highest BCUT2D eigenvalue weighted by atomic mass is 19.4. The largest absolute Gasteiger partial charge is 0.431 e. The Morgan fingerprint density at radius 3 is 2.38 bits per heavy atom. The van der Waals surface area contributed by atoms with E-state index < -0.39 is 17.4 Å². The van der Waals surface area contributed by atoms with Crippen LogP contribution in [0.2, 0.25) is 0 Å². The van der Waals surface area contributed by atoms with Gasteiger partial charge in [0.2, 0.25) is 0 Å². The molecule has 1 rings (SSSR count).